The zero-order valence-corrected chi connectivity index (χ0v) is 35.3. The first-order chi connectivity index (χ1) is 29.8. The molecule has 10 aromatic rings. The Morgan fingerprint density at radius 3 is 1.29 bits per heavy atom. The van der Waals surface area contributed by atoms with Gasteiger partial charge in [-0.05, 0) is 146 Å². The molecular formula is C56H42F3N3. The van der Waals surface area contributed by atoms with Gasteiger partial charge in [0.15, 0.2) is 0 Å². The number of para-hydroxylation sites is 2. The molecule has 6 heteroatoms. The van der Waals surface area contributed by atoms with E-state index >= 15 is 13.2 Å². The second-order valence-electron chi connectivity index (χ2n) is 16.8. The molecule has 0 unspecified atom stereocenters. The van der Waals surface area contributed by atoms with E-state index in [9.17, 15) is 5.26 Å². The van der Waals surface area contributed by atoms with Gasteiger partial charge in [0.1, 0.15) is 5.56 Å². The number of halogens is 3. The van der Waals surface area contributed by atoms with Gasteiger partial charge in [-0.15, -0.1) is 0 Å². The van der Waals surface area contributed by atoms with Crippen LogP contribution in [-0.2, 0) is 6.18 Å². The molecule has 8 aromatic carbocycles. The average molecular weight is 814 g/mol. The molecule has 10 rings (SSSR count). The van der Waals surface area contributed by atoms with Gasteiger partial charge in [0.25, 0.3) is 0 Å². The van der Waals surface area contributed by atoms with Gasteiger partial charge in [-0.3, -0.25) is 0 Å². The lowest BCUT2D eigenvalue weighted by Crippen LogP contribution is -2.16. The molecule has 0 radical (unpaired) electrons. The van der Waals surface area contributed by atoms with E-state index in [0.717, 1.165) is 77.2 Å². The number of rotatable bonds is 5. The molecule has 0 atom stereocenters. The van der Waals surface area contributed by atoms with E-state index in [0.29, 0.717) is 38.8 Å². The maximum atomic E-state index is 16.7. The number of fused-ring (bicyclic) bond motifs is 6. The summed E-state index contributed by atoms with van der Waals surface area (Å²) in [6, 6.07) is 48.9. The van der Waals surface area contributed by atoms with E-state index in [2.05, 4.69) is 84.0 Å². The smallest absolute Gasteiger partial charge is 0.309 e. The van der Waals surface area contributed by atoms with Crippen molar-refractivity contribution in [3.8, 4) is 50.8 Å². The minimum atomic E-state index is -4.81. The molecule has 0 spiro atoms. The molecule has 2 heterocycles. The molecule has 0 aliphatic heterocycles. The Hall–Kier alpha value is -7.36. The van der Waals surface area contributed by atoms with Crippen molar-refractivity contribution in [1.82, 2.24) is 9.13 Å². The van der Waals surface area contributed by atoms with E-state index < -0.39 is 11.7 Å². The summed E-state index contributed by atoms with van der Waals surface area (Å²) in [5, 5.41) is 13.4. The van der Waals surface area contributed by atoms with Crippen molar-refractivity contribution in [2.45, 2.75) is 47.7 Å². The van der Waals surface area contributed by atoms with Crippen LogP contribution in [0.25, 0.3) is 88.4 Å². The van der Waals surface area contributed by atoms with Crippen molar-refractivity contribution < 1.29 is 13.2 Å². The number of nitriles is 1. The molecule has 3 nitrogen and oxygen atoms in total. The van der Waals surface area contributed by atoms with Crippen LogP contribution in [0.2, 0.25) is 0 Å². The molecule has 62 heavy (non-hydrogen) atoms. The highest BCUT2D eigenvalue weighted by atomic mass is 19.4. The third kappa shape index (κ3) is 6.19. The first-order valence-electron chi connectivity index (χ1n) is 20.8. The highest BCUT2D eigenvalue weighted by Gasteiger charge is 2.39. The predicted molar refractivity (Wildman–Crippen MR) is 250 cm³/mol. The van der Waals surface area contributed by atoms with E-state index in [1.807, 2.05) is 78.9 Å². The Kier molecular flexibility index (Phi) is 9.01. The molecule has 0 fully saturated rings. The average Bonchev–Trinajstić information content (AvgIpc) is 3.74. The van der Waals surface area contributed by atoms with Crippen LogP contribution in [0.3, 0.4) is 0 Å². The van der Waals surface area contributed by atoms with Gasteiger partial charge in [-0.1, -0.05) is 108 Å². The Bertz CT molecular complexity index is 3290. The Balaban J connectivity index is 1.38. The number of hydrogen-bond acceptors (Lipinski definition) is 1. The van der Waals surface area contributed by atoms with Gasteiger partial charge in [-0.2, -0.15) is 18.4 Å². The van der Waals surface area contributed by atoms with Gasteiger partial charge in [-0.25, -0.2) is 0 Å². The summed E-state index contributed by atoms with van der Waals surface area (Å²) in [5.74, 6) is 0. The fraction of sp³-hybridized carbons (Fsp3) is 0.125. The standard InChI is InChI=1S/C56H42F3N3/c1-32-22-34(3)53(35(4)23-32)40-18-20-45-43-14-7-9-16-47(43)61(49(45)27-40)51-29-42(39-13-11-12-38(26-39)31-60)30-52(55(51)56(57,58)59)62-48-17-10-8-15-44(48)46-21-19-41(28-50(46)62)54-36(5)24-33(2)25-37(54)6/h7-30H,1-6H3. The highest BCUT2D eigenvalue weighted by Crippen LogP contribution is 2.47. The van der Waals surface area contributed by atoms with Crippen molar-refractivity contribution in [2.24, 2.45) is 0 Å². The molecule has 0 saturated heterocycles. The summed E-state index contributed by atoms with van der Waals surface area (Å²) in [7, 11) is 0. The first kappa shape index (κ1) is 38.8. The third-order valence-corrected chi connectivity index (χ3v) is 12.5. The second-order valence-corrected chi connectivity index (χ2v) is 16.8. The monoisotopic (exact) mass is 813 g/mol. The molecule has 2 aromatic heterocycles. The number of nitrogens with zero attached hydrogens (tertiary/aromatic N) is 3. The Morgan fingerprint density at radius 1 is 0.419 bits per heavy atom. The summed E-state index contributed by atoms with van der Waals surface area (Å²) >= 11 is 0. The lowest BCUT2D eigenvalue weighted by molar-refractivity contribution is -0.137. The fourth-order valence-electron chi connectivity index (χ4n) is 10.2. The molecule has 0 N–H and O–H groups in total. The minimum Gasteiger partial charge on any atom is -0.309 e. The van der Waals surface area contributed by atoms with Gasteiger partial charge in [0, 0.05) is 21.5 Å². The van der Waals surface area contributed by atoms with Gasteiger partial charge in [0.05, 0.1) is 45.1 Å². The number of alkyl halides is 3. The minimum absolute atomic E-state index is 0.000342. The summed E-state index contributed by atoms with van der Waals surface area (Å²) in [5.41, 5.74) is 14.2. The highest BCUT2D eigenvalue weighted by molar-refractivity contribution is 6.12. The molecule has 0 bridgehead atoms. The Morgan fingerprint density at radius 2 is 0.855 bits per heavy atom. The molecule has 0 amide bonds. The predicted octanol–water partition coefficient (Wildman–Crippen LogP) is 15.6. The van der Waals surface area contributed by atoms with E-state index in [1.165, 1.54) is 0 Å². The van der Waals surface area contributed by atoms with Crippen molar-refractivity contribution in [2.75, 3.05) is 0 Å². The summed E-state index contributed by atoms with van der Waals surface area (Å²) in [6.07, 6.45) is -4.81. The van der Waals surface area contributed by atoms with E-state index in [-0.39, 0.29) is 11.4 Å². The van der Waals surface area contributed by atoms with Gasteiger partial charge in [0.2, 0.25) is 0 Å². The molecule has 302 valence electrons. The van der Waals surface area contributed by atoms with Gasteiger partial charge < -0.3 is 9.13 Å². The second kappa shape index (κ2) is 14.4. The number of hydrogen-bond donors (Lipinski definition) is 0. The number of aryl methyl sites for hydroxylation is 6. The molecular weight excluding hydrogens is 772 g/mol. The maximum Gasteiger partial charge on any atom is 0.420 e. The number of aromatic nitrogens is 2. The fourth-order valence-corrected chi connectivity index (χ4v) is 10.2. The lowest BCUT2D eigenvalue weighted by Gasteiger charge is -2.23. The summed E-state index contributed by atoms with van der Waals surface area (Å²) in [6.45, 7) is 12.5. The van der Waals surface area contributed by atoms with Crippen LogP contribution in [0.5, 0.6) is 0 Å². The van der Waals surface area contributed by atoms with Crippen LogP contribution < -0.4 is 0 Å². The molecule has 0 saturated carbocycles. The van der Waals surface area contributed by atoms with Crippen LogP contribution in [0.4, 0.5) is 13.2 Å². The zero-order chi connectivity index (χ0) is 43.2. The van der Waals surface area contributed by atoms with Crippen LogP contribution in [0.15, 0.2) is 146 Å². The first-order valence-corrected chi connectivity index (χ1v) is 20.8. The lowest BCUT2D eigenvalue weighted by atomic mass is 9.93. The van der Waals surface area contributed by atoms with E-state index in [1.54, 1.807) is 39.5 Å². The number of benzene rings is 8. The Labute approximate surface area is 358 Å². The topological polar surface area (TPSA) is 33.6 Å². The molecule has 0 aliphatic rings. The van der Waals surface area contributed by atoms with Crippen molar-refractivity contribution >= 4 is 43.6 Å². The summed E-state index contributed by atoms with van der Waals surface area (Å²) < 4.78 is 53.6. The zero-order valence-electron chi connectivity index (χ0n) is 35.3. The molecule has 0 aliphatic carbocycles. The van der Waals surface area contributed by atoms with Crippen LogP contribution in [0.1, 0.15) is 44.5 Å². The largest absolute Gasteiger partial charge is 0.420 e. The maximum absolute atomic E-state index is 16.7. The van der Waals surface area contributed by atoms with Crippen LogP contribution in [-0.4, -0.2) is 9.13 Å². The normalized spacial score (nSPS) is 11.9. The SMILES string of the molecule is Cc1cc(C)c(-c2ccc3c4ccccc4n(-c4cc(-c5cccc(C#N)c5)cc(-n5c6ccccc6c6ccc(-c7c(C)cc(C)cc7C)cc65)c4C(F)(F)F)c3c2)c(C)c1. The summed E-state index contributed by atoms with van der Waals surface area (Å²) in [4.78, 5) is 0. The van der Waals surface area contributed by atoms with Crippen molar-refractivity contribution in [3.05, 3.63) is 190 Å². The van der Waals surface area contributed by atoms with Gasteiger partial charge >= 0.3 is 6.18 Å². The van der Waals surface area contributed by atoms with Crippen LogP contribution >= 0.6 is 0 Å². The van der Waals surface area contributed by atoms with Crippen molar-refractivity contribution in [1.29, 1.82) is 5.26 Å². The quantitative estimate of drug-likeness (QED) is 0.170. The van der Waals surface area contributed by atoms with Crippen LogP contribution in [0, 0.1) is 52.9 Å². The third-order valence-electron chi connectivity index (χ3n) is 12.5. The van der Waals surface area contributed by atoms with Crippen molar-refractivity contribution in [3.63, 3.8) is 0 Å². The van der Waals surface area contributed by atoms with E-state index in [4.69, 9.17) is 0 Å².